The SMILES string of the molecule is COc1ccc(N=C(N)CCl)cc1NC(=O)c1ccco1. The molecule has 0 aliphatic heterocycles. The van der Waals surface area contributed by atoms with Crippen molar-refractivity contribution in [2.24, 2.45) is 10.7 Å². The van der Waals surface area contributed by atoms with E-state index in [-0.39, 0.29) is 23.4 Å². The Bertz CT molecular complexity index is 653. The third-order valence-corrected chi connectivity index (χ3v) is 2.86. The van der Waals surface area contributed by atoms with Crippen LogP contribution in [0.15, 0.2) is 46.0 Å². The fourth-order valence-corrected chi connectivity index (χ4v) is 1.71. The first-order chi connectivity index (χ1) is 10.1. The average Bonchev–Trinajstić information content (AvgIpc) is 3.01. The summed E-state index contributed by atoms with van der Waals surface area (Å²) in [5.74, 6) is 0.722. The van der Waals surface area contributed by atoms with Gasteiger partial charge in [-0.2, -0.15) is 0 Å². The van der Waals surface area contributed by atoms with Crippen molar-refractivity contribution in [1.82, 2.24) is 0 Å². The molecule has 1 aromatic heterocycles. The van der Waals surface area contributed by atoms with E-state index in [9.17, 15) is 4.79 Å². The van der Waals surface area contributed by atoms with Crippen LogP contribution in [0.3, 0.4) is 0 Å². The molecule has 0 atom stereocenters. The summed E-state index contributed by atoms with van der Waals surface area (Å²) in [5, 5.41) is 2.69. The van der Waals surface area contributed by atoms with Gasteiger partial charge in [0.15, 0.2) is 5.76 Å². The van der Waals surface area contributed by atoms with Gasteiger partial charge in [0.1, 0.15) is 11.6 Å². The van der Waals surface area contributed by atoms with E-state index in [0.717, 1.165) is 0 Å². The monoisotopic (exact) mass is 307 g/mol. The first-order valence-corrected chi connectivity index (χ1v) is 6.59. The molecule has 0 saturated heterocycles. The molecule has 3 N–H and O–H groups in total. The Hall–Kier alpha value is -2.47. The minimum absolute atomic E-state index is 0.125. The first kappa shape index (κ1) is 14.9. The second-order valence-electron chi connectivity index (χ2n) is 4.05. The minimum atomic E-state index is -0.384. The van der Waals surface area contributed by atoms with Crippen molar-refractivity contribution in [2.75, 3.05) is 18.3 Å². The van der Waals surface area contributed by atoms with Crippen molar-refractivity contribution in [2.45, 2.75) is 0 Å². The van der Waals surface area contributed by atoms with Gasteiger partial charge in [0, 0.05) is 0 Å². The number of amidine groups is 1. The maximum atomic E-state index is 12.0. The lowest BCUT2D eigenvalue weighted by Crippen LogP contribution is -2.13. The van der Waals surface area contributed by atoms with Gasteiger partial charge in [0.25, 0.3) is 5.91 Å². The lowest BCUT2D eigenvalue weighted by Gasteiger charge is -2.10. The van der Waals surface area contributed by atoms with Gasteiger partial charge >= 0.3 is 0 Å². The summed E-state index contributed by atoms with van der Waals surface area (Å²) in [6.07, 6.45) is 1.42. The summed E-state index contributed by atoms with van der Waals surface area (Å²) >= 11 is 5.59. The zero-order valence-electron chi connectivity index (χ0n) is 11.3. The Kier molecular flexibility index (Phi) is 4.84. The van der Waals surface area contributed by atoms with E-state index in [1.54, 1.807) is 30.3 Å². The molecule has 1 heterocycles. The summed E-state index contributed by atoms with van der Waals surface area (Å²) in [5.41, 5.74) is 6.61. The molecular weight excluding hydrogens is 294 g/mol. The van der Waals surface area contributed by atoms with Crippen molar-refractivity contribution in [3.63, 3.8) is 0 Å². The first-order valence-electron chi connectivity index (χ1n) is 6.06. The van der Waals surface area contributed by atoms with Crippen LogP contribution in [0, 0.1) is 0 Å². The lowest BCUT2D eigenvalue weighted by atomic mass is 10.2. The fourth-order valence-electron chi connectivity index (χ4n) is 1.65. The molecule has 110 valence electrons. The summed E-state index contributed by atoms with van der Waals surface area (Å²) < 4.78 is 10.2. The van der Waals surface area contributed by atoms with E-state index in [4.69, 9.17) is 26.5 Å². The van der Waals surface area contributed by atoms with E-state index in [2.05, 4.69) is 10.3 Å². The van der Waals surface area contributed by atoms with Gasteiger partial charge in [-0.1, -0.05) is 0 Å². The number of methoxy groups -OCH3 is 1. The van der Waals surface area contributed by atoms with Gasteiger partial charge < -0.3 is 20.2 Å². The van der Waals surface area contributed by atoms with E-state index in [1.165, 1.54) is 13.4 Å². The van der Waals surface area contributed by atoms with Crippen LogP contribution in [-0.4, -0.2) is 24.7 Å². The molecule has 0 aliphatic rings. The Morgan fingerprint density at radius 2 is 2.29 bits per heavy atom. The lowest BCUT2D eigenvalue weighted by molar-refractivity contribution is 0.0996. The van der Waals surface area contributed by atoms with Crippen molar-refractivity contribution in [3.8, 4) is 5.75 Å². The van der Waals surface area contributed by atoms with Crippen molar-refractivity contribution < 1.29 is 13.9 Å². The fraction of sp³-hybridized carbons (Fsp3) is 0.143. The topological polar surface area (TPSA) is 89.9 Å². The molecule has 1 amide bonds. The number of benzene rings is 1. The number of alkyl halides is 1. The smallest absolute Gasteiger partial charge is 0.291 e. The number of nitrogens with one attached hydrogen (secondary N) is 1. The molecule has 0 fully saturated rings. The highest BCUT2D eigenvalue weighted by Gasteiger charge is 2.12. The number of halogens is 1. The number of anilines is 1. The van der Waals surface area contributed by atoms with Crippen molar-refractivity contribution in [1.29, 1.82) is 0 Å². The Labute approximate surface area is 126 Å². The Balaban J connectivity index is 2.28. The molecule has 0 spiro atoms. The van der Waals surface area contributed by atoms with Crippen LogP contribution in [0.25, 0.3) is 0 Å². The number of amides is 1. The highest BCUT2D eigenvalue weighted by molar-refractivity contribution is 6.28. The molecule has 0 bridgehead atoms. The molecule has 21 heavy (non-hydrogen) atoms. The standard InChI is InChI=1S/C14H14ClN3O3/c1-20-11-5-4-9(17-13(16)8-15)7-10(11)18-14(19)12-3-2-6-21-12/h2-7H,8H2,1H3,(H2,16,17)(H,18,19). The zero-order valence-corrected chi connectivity index (χ0v) is 12.1. The molecule has 0 aliphatic carbocycles. The third-order valence-electron chi connectivity index (χ3n) is 2.59. The second-order valence-corrected chi connectivity index (χ2v) is 4.32. The van der Waals surface area contributed by atoms with Gasteiger partial charge in [-0.25, -0.2) is 4.99 Å². The number of nitrogens with zero attached hydrogens (tertiary/aromatic N) is 1. The number of carbonyl (C=O) groups is 1. The normalized spacial score (nSPS) is 11.2. The molecule has 1 aromatic carbocycles. The molecule has 0 radical (unpaired) electrons. The maximum Gasteiger partial charge on any atom is 0.291 e. The van der Waals surface area contributed by atoms with Gasteiger partial charge in [-0.15, -0.1) is 11.6 Å². The number of hydrogen-bond acceptors (Lipinski definition) is 4. The number of hydrogen-bond donors (Lipinski definition) is 2. The number of ether oxygens (including phenoxy) is 1. The average molecular weight is 308 g/mol. The van der Waals surface area contributed by atoms with E-state index < -0.39 is 0 Å². The largest absolute Gasteiger partial charge is 0.495 e. The van der Waals surface area contributed by atoms with Gasteiger partial charge in [-0.3, -0.25) is 4.79 Å². The molecule has 6 nitrogen and oxygen atoms in total. The third kappa shape index (κ3) is 3.76. The maximum absolute atomic E-state index is 12.0. The summed E-state index contributed by atoms with van der Waals surface area (Å²) in [6.45, 7) is 0. The number of aliphatic imine (C=N–C) groups is 1. The van der Waals surface area contributed by atoms with E-state index in [1.807, 2.05) is 0 Å². The van der Waals surface area contributed by atoms with Crippen LogP contribution in [0.5, 0.6) is 5.75 Å². The van der Waals surface area contributed by atoms with E-state index in [0.29, 0.717) is 17.1 Å². The summed E-state index contributed by atoms with van der Waals surface area (Å²) in [6, 6.07) is 8.22. The van der Waals surface area contributed by atoms with Crippen molar-refractivity contribution in [3.05, 3.63) is 42.4 Å². The Morgan fingerprint density at radius 1 is 1.48 bits per heavy atom. The summed E-state index contributed by atoms with van der Waals surface area (Å²) in [4.78, 5) is 16.1. The van der Waals surface area contributed by atoms with Gasteiger partial charge in [-0.05, 0) is 30.3 Å². The molecule has 7 heteroatoms. The highest BCUT2D eigenvalue weighted by atomic mass is 35.5. The molecule has 2 aromatic rings. The molecule has 2 rings (SSSR count). The van der Waals surface area contributed by atoms with Crippen LogP contribution in [0.2, 0.25) is 0 Å². The highest BCUT2D eigenvalue weighted by Crippen LogP contribution is 2.29. The van der Waals surface area contributed by atoms with Gasteiger partial charge in [0.05, 0.1) is 30.6 Å². The van der Waals surface area contributed by atoms with Crippen LogP contribution >= 0.6 is 11.6 Å². The quantitative estimate of drug-likeness (QED) is 0.505. The number of nitrogens with two attached hydrogens (primary N) is 1. The van der Waals surface area contributed by atoms with Crippen LogP contribution in [0.4, 0.5) is 11.4 Å². The number of carbonyl (C=O) groups excluding carboxylic acids is 1. The molecule has 0 saturated carbocycles. The predicted molar refractivity (Wildman–Crippen MR) is 81.7 cm³/mol. The minimum Gasteiger partial charge on any atom is -0.495 e. The Morgan fingerprint density at radius 3 is 2.90 bits per heavy atom. The van der Waals surface area contributed by atoms with Gasteiger partial charge in [0.2, 0.25) is 0 Å². The van der Waals surface area contributed by atoms with Crippen LogP contribution in [-0.2, 0) is 0 Å². The van der Waals surface area contributed by atoms with Crippen LogP contribution in [0.1, 0.15) is 10.6 Å². The van der Waals surface area contributed by atoms with Crippen LogP contribution < -0.4 is 15.8 Å². The predicted octanol–water partition coefficient (Wildman–Crippen LogP) is 2.77. The molecule has 0 unspecified atom stereocenters. The van der Waals surface area contributed by atoms with Crippen molar-refractivity contribution >= 4 is 34.7 Å². The molecular formula is C14H14ClN3O3. The number of furan rings is 1. The second kappa shape index (κ2) is 6.81. The van der Waals surface area contributed by atoms with E-state index >= 15 is 0 Å². The zero-order chi connectivity index (χ0) is 15.2. The summed E-state index contributed by atoms with van der Waals surface area (Å²) in [7, 11) is 1.51. The number of rotatable bonds is 5.